The van der Waals surface area contributed by atoms with Crippen LogP contribution in [0.3, 0.4) is 0 Å². The van der Waals surface area contributed by atoms with Gasteiger partial charge in [0, 0.05) is 16.6 Å². The number of methoxy groups -OCH3 is 1. The van der Waals surface area contributed by atoms with E-state index < -0.39 is 15.6 Å². The lowest BCUT2D eigenvalue weighted by Gasteiger charge is -2.21. The second kappa shape index (κ2) is 4.84. The topological polar surface area (TPSA) is 55.4 Å². The first-order chi connectivity index (χ1) is 7.65. The second-order valence-corrected chi connectivity index (χ2v) is 6.74. The molecule has 0 aliphatic heterocycles. The van der Waals surface area contributed by atoms with Gasteiger partial charge in [0.2, 0.25) is 10.0 Å². The van der Waals surface area contributed by atoms with E-state index in [4.69, 9.17) is 16.3 Å². The monoisotopic (exact) mass is 277 g/mol. The van der Waals surface area contributed by atoms with Crippen molar-refractivity contribution in [1.82, 2.24) is 4.72 Å². The molecule has 0 saturated heterocycles. The molecule has 96 valence electrons. The van der Waals surface area contributed by atoms with Crippen molar-refractivity contribution < 1.29 is 13.2 Å². The quantitative estimate of drug-likeness (QED) is 0.923. The normalized spacial score (nSPS) is 12.5. The molecule has 0 aliphatic carbocycles. The number of halogens is 1. The summed E-state index contributed by atoms with van der Waals surface area (Å²) in [5.74, 6) is 0.231. The Bertz CT molecular complexity index is 506. The minimum atomic E-state index is -3.61. The Morgan fingerprint density at radius 1 is 1.29 bits per heavy atom. The van der Waals surface area contributed by atoms with Crippen molar-refractivity contribution >= 4 is 21.6 Å². The summed E-state index contributed by atoms with van der Waals surface area (Å²) in [6, 6.07) is 4.41. The van der Waals surface area contributed by atoms with Gasteiger partial charge in [-0.05, 0) is 32.9 Å². The average molecular weight is 278 g/mol. The molecule has 0 spiro atoms. The number of nitrogens with one attached hydrogen (secondary N) is 1. The molecule has 4 nitrogen and oxygen atoms in total. The Kier molecular flexibility index (Phi) is 4.06. The molecule has 0 radical (unpaired) electrons. The third kappa shape index (κ3) is 3.87. The Balaban J connectivity index is 3.24. The fourth-order valence-corrected chi connectivity index (χ4v) is 3.05. The van der Waals surface area contributed by atoms with E-state index in [1.807, 2.05) is 0 Å². The first-order valence-corrected chi connectivity index (χ1v) is 6.89. The molecular formula is C11H16ClNO3S. The fourth-order valence-electron chi connectivity index (χ4n) is 1.32. The SMILES string of the molecule is COc1cc(Cl)ccc1S(=O)(=O)NC(C)(C)C. The second-order valence-electron chi connectivity index (χ2n) is 4.65. The maximum absolute atomic E-state index is 12.1. The summed E-state index contributed by atoms with van der Waals surface area (Å²) in [5.41, 5.74) is -0.552. The predicted octanol–water partition coefficient (Wildman–Crippen LogP) is 2.43. The van der Waals surface area contributed by atoms with Crippen LogP contribution < -0.4 is 9.46 Å². The highest BCUT2D eigenvalue weighted by Crippen LogP contribution is 2.27. The van der Waals surface area contributed by atoms with Gasteiger partial charge in [-0.25, -0.2) is 13.1 Å². The van der Waals surface area contributed by atoms with Crippen molar-refractivity contribution in [2.75, 3.05) is 7.11 Å². The molecule has 1 aromatic carbocycles. The van der Waals surface area contributed by atoms with E-state index in [2.05, 4.69) is 4.72 Å². The summed E-state index contributed by atoms with van der Waals surface area (Å²) in [6.07, 6.45) is 0. The van der Waals surface area contributed by atoms with Crippen molar-refractivity contribution in [2.45, 2.75) is 31.2 Å². The van der Waals surface area contributed by atoms with Crippen molar-refractivity contribution in [3.05, 3.63) is 23.2 Å². The largest absolute Gasteiger partial charge is 0.495 e. The molecule has 0 unspecified atom stereocenters. The molecule has 1 aromatic rings. The molecule has 6 heteroatoms. The first kappa shape index (κ1) is 14.3. The summed E-state index contributed by atoms with van der Waals surface area (Å²) in [4.78, 5) is 0.0827. The molecular weight excluding hydrogens is 262 g/mol. The molecule has 1 rings (SSSR count). The summed E-state index contributed by atoms with van der Waals surface area (Å²) >= 11 is 5.78. The Labute approximate surface area is 107 Å². The Hall–Kier alpha value is -0.780. The van der Waals surface area contributed by atoms with Gasteiger partial charge >= 0.3 is 0 Å². The minimum absolute atomic E-state index is 0.0827. The number of rotatable bonds is 3. The number of sulfonamides is 1. The van der Waals surface area contributed by atoms with Crippen LogP contribution >= 0.6 is 11.6 Å². The lowest BCUT2D eigenvalue weighted by molar-refractivity contribution is 0.401. The first-order valence-electron chi connectivity index (χ1n) is 5.03. The number of hydrogen-bond acceptors (Lipinski definition) is 3. The summed E-state index contributed by atoms with van der Waals surface area (Å²) in [7, 11) is -2.21. The van der Waals surface area contributed by atoms with Crippen LogP contribution in [-0.4, -0.2) is 21.1 Å². The molecule has 0 amide bonds. The molecule has 17 heavy (non-hydrogen) atoms. The smallest absolute Gasteiger partial charge is 0.244 e. The van der Waals surface area contributed by atoms with Gasteiger partial charge < -0.3 is 4.74 Å². The molecule has 0 bridgehead atoms. The van der Waals surface area contributed by atoms with Gasteiger partial charge in [0.25, 0.3) is 0 Å². The minimum Gasteiger partial charge on any atom is -0.495 e. The van der Waals surface area contributed by atoms with Crippen molar-refractivity contribution in [1.29, 1.82) is 0 Å². The molecule has 0 heterocycles. The zero-order chi connectivity index (χ0) is 13.3. The van der Waals surface area contributed by atoms with E-state index in [1.54, 1.807) is 20.8 Å². The van der Waals surface area contributed by atoms with Gasteiger partial charge in [0.05, 0.1) is 7.11 Å². The fraction of sp³-hybridized carbons (Fsp3) is 0.455. The summed E-state index contributed by atoms with van der Waals surface area (Å²) < 4.78 is 31.8. The molecule has 0 atom stereocenters. The van der Waals surface area contributed by atoms with E-state index in [9.17, 15) is 8.42 Å². The zero-order valence-electron chi connectivity index (χ0n) is 10.2. The van der Waals surface area contributed by atoms with Gasteiger partial charge in [-0.15, -0.1) is 0 Å². The van der Waals surface area contributed by atoms with Gasteiger partial charge in [-0.2, -0.15) is 0 Å². The molecule has 0 saturated carbocycles. The van der Waals surface area contributed by atoms with E-state index in [0.29, 0.717) is 5.02 Å². The van der Waals surface area contributed by atoms with Crippen LogP contribution in [0.1, 0.15) is 20.8 Å². The van der Waals surface area contributed by atoms with E-state index in [-0.39, 0.29) is 10.6 Å². The Morgan fingerprint density at radius 3 is 2.35 bits per heavy atom. The Morgan fingerprint density at radius 2 is 1.88 bits per heavy atom. The van der Waals surface area contributed by atoms with Crippen LogP contribution in [0.15, 0.2) is 23.1 Å². The van der Waals surface area contributed by atoms with Crippen LogP contribution in [-0.2, 0) is 10.0 Å². The third-order valence-electron chi connectivity index (χ3n) is 1.86. The molecule has 0 aliphatic rings. The molecule has 1 N–H and O–H groups in total. The van der Waals surface area contributed by atoms with Gasteiger partial charge in [-0.1, -0.05) is 11.6 Å². The predicted molar refractivity (Wildman–Crippen MR) is 68.1 cm³/mol. The standard InChI is InChI=1S/C11H16ClNO3S/c1-11(2,3)13-17(14,15)10-6-5-8(12)7-9(10)16-4/h5-7,13H,1-4H3. The van der Waals surface area contributed by atoms with Crippen LogP contribution in [0.25, 0.3) is 0 Å². The average Bonchev–Trinajstić information content (AvgIpc) is 2.13. The van der Waals surface area contributed by atoms with Gasteiger partial charge in [0.1, 0.15) is 10.6 Å². The highest BCUT2D eigenvalue weighted by atomic mass is 35.5. The van der Waals surface area contributed by atoms with Crippen LogP contribution in [0.5, 0.6) is 5.75 Å². The van der Waals surface area contributed by atoms with E-state index >= 15 is 0 Å². The van der Waals surface area contributed by atoms with Crippen LogP contribution in [0, 0.1) is 0 Å². The van der Waals surface area contributed by atoms with Crippen molar-refractivity contribution in [2.24, 2.45) is 0 Å². The van der Waals surface area contributed by atoms with Crippen molar-refractivity contribution in [3.8, 4) is 5.75 Å². The molecule has 0 aromatic heterocycles. The van der Waals surface area contributed by atoms with Gasteiger partial charge in [0.15, 0.2) is 0 Å². The van der Waals surface area contributed by atoms with Crippen LogP contribution in [0.2, 0.25) is 5.02 Å². The summed E-state index contributed by atoms with van der Waals surface area (Å²) in [6.45, 7) is 5.31. The lowest BCUT2D eigenvalue weighted by atomic mass is 10.1. The summed E-state index contributed by atoms with van der Waals surface area (Å²) in [5, 5.41) is 0.427. The zero-order valence-corrected chi connectivity index (χ0v) is 11.8. The van der Waals surface area contributed by atoms with Crippen LogP contribution in [0.4, 0.5) is 0 Å². The highest BCUT2D eigenvalue weighted by molar-refractivity contribution is 7.89. The van der Waals surface area contributed by atoms with Gasteiger partial charge in [-0.3, -0.25) is 0 Å². The highest BCUT2D eigenvalue weighted by Gasteiger charge is 2.25. The van der Waals surface area contributed by atoms with E-state index in [1.165, 1.54) is 25.3 Å². The third-order valence-corrected chi connectivity index (χ3v) is 3.89. The van der Waals surface area contributed by atoms with Crippen molar-refractivity contribution in [3.63, 3.8) is 0 Å². The maximum Gasteiger partial charge on any atom is 0.244 e. The maximum atomic E-state index is 12.1. The number of hydrogen-bond donors (Lipinski definition) is 1. The molecule has 0 fully saturated rings. The van der Waals surface area contributed by atoms with E-state index in [0.717, 1.165) is 0 Å². The number of benzene rings is 1. The lowest BCUT2D eigenvalue weighted by Crippen LogP contribution is -2.40. The number of ether oxygens (including phenoxy) is 1.